The standard InChI is InChI=1S/C35H36N4O5/c1-3-7-32-31(20-23-12-14-24(15-13-23)29-10-4-5-11-30(29)33-37-35(42)44-38-33)34(41)39(22(2)36-32)25-16-18-27(19-17-25)43-28-9-6-8-26(40)21-28/h4-5,10-19,26,28,40H,3,6-9,20-21H2,1-2H3,(H,37,38,42)/p-1. The zero-order valence-corrected chi connectivity index (χ0v) is 24.9. The molecule has 5 aromatic rings. The van der Waals surface area contributed by atoms with Gasteiger partial charge in [-0.15, -0.1) is 0 Å². The van der Waals surface area contributed by atoms with Crippen LogP contribution < -0.4 is 15.4 Å². The summed E-state index contributed by atoms with van der Waals surface area (Å²) in [6.07, 6.45) is 4.35. The van der Waals surface area contributed by atoms with Gasteiger partial charge < -0.3 is 19.5 Å². The molecule has 0 bridgehead atoms. The average Bonchev–Trinajstić information content (AvgIpc) is 3.46. The molecule has 0 amide bonds. The molecule has 9 nitrogen and oxygen atoms in total. The van der Waals surface area contributed by atoms with Crippen LogP contribution in [0.15, 0.2) is 82.1 Å². The number of rotatable bonds is 9. The number of aliphatic hydroxyl groups is 1. The Kier molecular flexibility index (Phi) is 8.56. The van der Waals surface area contributed by atoms with Gasteiger partial charge in [0.15, 0.2) is 11.9 Å². The van der Waals surface area contributed by atoms with E-state index in [0.717, 1.165) is 59.5 Å². The maximum atomic E-state index is 14.0. The number of nitrogens with zero attached hydrogens (tertiary/aromatic N) is 4. The first-order valence-electron chi connectivity index (χ1n) is 15.2. The maximum Gasteiger partial charge on any atom is 0.261 e. The fourth-order valence-electron chi connectivity index (χ4n) is 5.99. The lowest BCUT2D eigenvalue weighted by Gasteiger charge is -2.26. The van der Waals surface area contributed by atoms with Crippen molar-refractivity contribution in [3.8, 4) is 40.0 Å². The van der Waals surface area contributed by atoms with E-state index in [0.29, 0.717) is 36.2 Å². The summed E-state index contributed by atoms with van der Waals surface area (Å²) in [6.45, 7) is 3.95. The Bertz CT molecular complexity index is 1790. The third-order valence-electron chi connectivity index (χ3n) is 8.13. The maximum absolute atomic E-state index is 14.0. The summed E-state index contributed by atoms with van der Waals surface area (Å²) in [6, 6.07) is 23.1. The van der Waals surface area contributed by atoms with Crippen molar-refractivity contribution in [2.75, 3.05) is 0 Å². The van der Waals surface area contributed by atoms with E-state index in [4.69, 9.17) is 9.72 Å². The van der Waals surface area contributed by atoms with Crippen LogP contribution in [-0.2, 0) is 12.8 Å². The molecule has 6 rings (SSSR count). The van der Waals surface area contributed by atoms with Crippen LogP contribution in [0.3, 0.4) is 0 Å². The van der Waals surface area contributed by atoms with Crippen molar-refractivity contribution in [3.63, 3.8) is 0 Å². The summed E-state index contributed by atoms with van der Waals surface area (Å²) in [5, 5.41) is 25.3. The molecule has 1 aliphatic rings. The van der Waals surface area contributed by atoms with Crippen LogP contribution in [0.5, 0.6) is 11.8 Å². The van der Waals surface area contributed by atoms with Gasteiger partial charge >= 0.3 is 0 Å². The van der Waals surface area contributed by atoms with E-state index < -0.39 is 6.08 Å². The normalized spacial score (nSPS) is 16.6. The van der Waals surface area contributed by atoms with Crippen LogP contribution in [0.2, 0.25) is 0 Å². The topological polar surface area (TPSA) is 126 Å². The monoisotopic (exact) mass is 591 g/mol. The van der Waals surface area contributed by atoms with Crippen LogP contribution in [0.25, 0.3) is 28.2 Å². The largest absolute Gasteiger partial charge is 0.528 e. The fourth-order valence-corrected chi connectivity index (χ4v) is 5.99. The van der Waals surface area contributed by atoms with Crippen LogP contribution >= 0.6 is 0 Å². The van der Waals surface area contributed by atoms with Crippen molar-refractivity contribution in [1.82, 2.24) is 19.7 Å². The summed E-state index contributed by atoms with van der Waals surface area (Å²) >= 11 is 0. The second-order valence-electron chi connectivity index (χ2n) is 11.3. The molecule has 1 N–H and O–H groups in total. The van der Waals surface area contributed by atoms with Gasteiger partial charge in [0.25, 0.3) is 5.56 Å². The van der Waals surface area contributed by atoms with E-state index in [9.17, 15) is 15.0 Å². The summed E-state index contributed by atoms with van der Waals surface area (Å²) in [7, 11) is 0. The molecule has 2 aromatic heterocycles. The van der Waals surface area contributed by atoms with E-state index in [1.165, 1.54) is 0 Å². The van der Waals surface area contributed by atoms with Gasteiger partial charge in [-0.3, -0.25) is 9.36 Å². The zero-order chi connectivity index (χ0) is 30.6. The lowest BCUT2D eigenvalue weighted by Crippen LogP contribution is -2.29. The van der Waals surface area contributed by atoms with Gasteiger partial charge in [0, 0.05) is 24.0 Å². The number of benzene rings is 3. The summed E-state index contributed by atoms with van der Waals surface area (Å²) < 4.78 is 12.4. The highest BCUT2D eigenvalue weighted by Gasteiger charge is 2.22. The van der Waals surface area contributed by atoms with Crippen molar-refractivity contribution < 1.29 is 19.5 Å². The Morgan fingerprint density at radius 2 is 1.75 bits per heavy atom. The smallest absolute Gasteiger partial charge is 0.261 e. The molecule has 1 aliphatic carbocycles. The van der Waals surface area contributed by atoms with Crippen LogP contribution in [-0.4, -0.2) is 37.0 Å². The Labute approximate surface area is 255 Å². The van der Waals surface area contributed by atoms with E-state index in [-0.39, 0.29) is 23.6 Å². The minimum absolute atomic E-state index is 0.000190. The van der Waals surface area contributed by atoms with Crippen molar-refractivity contribution in [2.24, 2.45) is 0 Å². The van der Waals surface area contributed by atoms with Crippen LogP contribution in [0, 0.1) is 6.92 Å². The molecule has 0 aliphatic heterocycles. The molecule has 2 heterocycles. The summed E-state index contributed by atoms with van der Waals surface area (Å²) in [5.74, 6) is 1.61. The van der Waals surface area contributed by atoms with Gasteiger partial charge in [-0.1, -0.05) is 61.9 Å². The van der Waals surface area contributed by atoms with Gasteiger partial charge in [-0.05, 0) is 73.6 Å². The highest BCUT2D eigenvalue weighted by Crippen LogP contribution is 2.31. The summed E-state index contributed by atoms with van der Waals surface area (Å²) in [4.78, 5) is 22.8. The molecule has 226 valence electrons. The van der Waals surface area contributed by atoms with Crippen LogP contribution in [0.4, 0.5) is 0 Å². The lowest BCUT2D eigenvalue weighted by molar-refractivity contribution is -0.303. The average molecular weight is 592 g/mol. The van der Waals surface area contributed by atoms with Crippen molar-refractivity contribution in [1.29, 1.82) is 0 Å². The molecule has 2 atom stereocenters. The first kappa shape index (κ1) is 29.3. The van der Waals surface area contributed by atoms with Gasteiger partial charge in [-0.25, -0.2) is 9.97 Å². The van der Waals surface area contributed by atoms with Crippen molar-refractivity contribution in [2.45, 2.75) is 71.0 Å². The Morgan fingerprint density at radius 3 is 2.43 bits per heavy atom. The predicted octanol–water partition coefficient (Wildman–Crippen LogP) is 5.56. The van der Waals surface area contributed by atoms with E-state index in [2.05, 4.69) is 21.6 Å². The number of aliphatic hydroxyl groups excluding tert-OH is 1. The van der Waals surface area contributed by atoms with E-state index in [1.54, 1.807) is 4.57 Å². The molecule has 9 heteroatoms. The number of aromatic nitrogens is 4. The second kappa shape index (κ2) is 12.9. The molecule has 3 aromatic carbocycles. The molecular formula is C35H35N4O5-. The molecule has 0 spiro atoms. The lowest BCUT2D eigenvalue weighted by atomic mass is 9.95. The second-order valence-corrected chi connectivity index (χ2v) is 11.3. The van der Waals surface area contributed by atoms with Crippen LogP contribution in [0.1, 0.15) is 61.7 Å². The molecule has 2 unspecified atom stereocenters. The third-order valence-corrected chi connectivity index (χ3v) is 8.13. The minimum atomic E-state index is -0.727. The van der Waals surface area contributed by atoms with Gasteiger partial charge in [0.1, 0.15) is 17.7 Å². The number of hydrogen-bond acceptors (Lipinski definition) is 8. The van der Waals surface area contributed by atoms with E-state index in [1.807, 2.05) is 79.7 Å². The number of hydrogen-bond donors (Lipinski definition) is 1. The Morgan fingerprint density at radius 1 is 1.00 bits per heavy atom. The first-order valence-corrected chi connectivity index (χ1v) is 15.2. The molecule has 1 saturated carbocycles. The predicted molar refractivity (Wildman–Crippen MR) is 165 cm³/mol. The van der Waals surface area contributed by atoms with Crippen molar-refractivity contribution >= 4 is 0 Å². The zero-order valence-electron chi connectivity index (χ0n) is 24.9. The number of ether oxygens (including phenoxy) is 1. The first-order chi connectivity index (χ1) is 21.4. The minimum Gasteiger partial charge on any atom is -0.528 e. The van der Waals surface area contributed by atoms with Gasteiger partial charge in [-0.2, -0.15) is 5.16 Å². The molecule has 1 fully saturated rings. The van der Waals surface area contributed by atoms with Gasteiger partial charge in [0.05, 0.1) is 17.5 Å². The molecule has 44 heavy (non-hydrogen) atoms. The Hall–Kier alpha value is -4.76. The summed E-state index contributed by atoms with van der Waals surface area (Å²) in [5.41, 5.74) is 5.64. The SMILES string of the molecule is CCCc1nc(C)n(-c2ccc(OC3CCCC(O)C3)cc2)c(=O)c1Cc1ccc(-c2ccccc2-c2noc([O-])n2)cc1. The van der Waals surface area contributed by atoms with Crippen molar-refractivity contribution in [3.05, 3.63) is 106 Å². The highest BCUT2D eigenvalue weighted by molar-refractivity contribution is 5.80. The van der Waals surface area contributed by atoms with E-state index >= 15 is 0 Å². The highest BCUT2D eigenvalue weighted by atomic mass is 16.6. The fraction of sp³-hybridized carbons (Fsp3) is 0.314. The molecular weight excluding hydrogens is 556 g/mol. The quantitative estimate of drug-likeness (QED) is 0.236. The van der Waals surface area contributed by atoms with Gasteiger partial charge in [0.2, 0.25) is 0 Å². The molecule has 0 radical (unpaired) electrons. The molecule has 0 saturated heterocycles. The third kappa shape index (κ3) is 6.28. The number of aryl methyl sites for hydroxylation is 2. The Balaban J connectivity index is 1.27.